The van der Waals surface area contributed by atoms with Crippen molar-refractivity contribution in [2.24, 2.45) is 0 Å². The second-order valence-corrected chi connectivity index (χ2v) is 4.67. The molecule has 1 saturated heterocycles. The smallest absolute Gasteiger partial charge is 0.328 e. The Bertz CT molecular complexity index is 568. The van der Waals surface area contributed by atoms with Crippen LogP contribution in [-0.4, -0.2) is 38.3 Å². The number of hydrogen-bond acceptors (Lipinski definition) is 5. The Balaban J connectivity index is 2.38. The van der Waals surface area contributed by atoms with Gasteiger partial charge in [0.25, 0.3) is 0 Å². The fraction of sp³-hybridized carbons (Fsp3) is 0.600. The Morgan fingerprint density at radius 1 is 1.78 bits per heavy atom. The summed E-state index contributed by atoms with van der Waals surface area (Å²) in [5.74, 6) is -2.65. The molecule has 0 aromatic carbocycles. The number of aryl methyl sites for hydroxylation is 1. The van der Waals surface area contributed by atoms with Crippen molar-refractivity contribution in [3.63, 3.8) is 0 Å². The molecule has 0 aliphatic carbocycles. The van der Waals surface area contributed by atoms with Gasteiger partial charge in [0.1, 0.15) is 17.0 Å². The maximum Gasteiger partial charge on any atom is 0.328 e. The Morgan fingerprint density at radius 2 is 2.44 bits per heavy atom. The molecule has 3 N–H and O–H groups in total. The standard InChI is InChI=1S/C10H13FN2O4S/c1-5-3-13(9(15)12-8(5)18)7-2-10(11,16)6(4-14)17-7/h3,6-7,14,16H,2,4H2,1H3,(H,12,15,18)/t6-,7-,10+/m1/s1. The van der Waals surface area contributed by atoms with Crippen molar-refractivity contribution in [3.05, 3.63) is 26.9 Å². The van der Waals surface area contributed by atoms with E-state index in [2.05, 4.69) is 4.98 Å². The normalized spacial score (nSPS) is 31.8. The number of hydrogen-bond donors (Lipinski definition) is 3. The van der Waals surface area contributed by atoms with Crippen LogP contribution in [0.4, 0.5) is 4.39 Å². The number of nitrogens with zero attached hydrogens (tertiary/aromatic N) is 1. The number of aromatic nitrogens is 2. The minimum atomic E-state index is -2.65. The molecule has 0 radical (unpaired) electrons. The number of alkyl halides is 1. The molecule has 100 valence electrons. The van der Waals surface area contributed by atoms with Crippen molar-refractivity contribution >= 4 is 12.2 Å². The van der Waals surface area contributed by atoms with Gasteiger partial charge in [-0.2, -0.15) is 0 Å². The first-order valence-electron chi connectivity index (χ1n) is 5.35. The summed E-state index contributed by atoms with van der Waals surface area (Å²) in [5, 5.41) is 18.3. The van der Waals surface area contributed by atoms with Gasteiger partial charge in [0.2, 0.25) is 5.85 Å². The highest BCUT2D eigenvalue weighted by molar-refractivity contribution is 7.71. The molecule has 0 unspecified atom stereocenters. The molecule has 1 aromatic rings. The zero-order valence-electron chi connectivity index (χ0n) is 9.59. The second-order valence-electron chi connectivity index (χ2n) is 4.26. The van der Waals surface area contributed by atoms with E-state index < -0.39 is 36.9 Å². The van der Waals surface area contributed by atoms with E-state index in [9.17, 15) is 14.3 Å². The van der Waals surface area contributed by atoms with Gasteiger partial charge in [0.15, 0.2) is 0 Å². The van der Waals surface area contributed by atoms with Crippen molar-refractivity contribution < 1.29 is 19.3 Å². The summed E-state index contributed by atoms with van der Waals surface area (Å²) in [6.07, 6.45) is -1.34. The van der Waals surface area contributed by atoms with Crippen molar-refractivity contribution in [2.45, 2.75) is 31.5 Å². The Kier molecular flexibility index (Phi) is 3.37. The fourth-order valence-electron chi connectivity index (χ4n) is 1.87. The minimum Gasteiger partial charge on any atom is -0.393 e. The molecule has 1 aliphatic rings. The van der Waals surface area contributed by atoms with Crippen molar-refractivity contribution in [3.8, 4) is 0 Å². The molecule has 2 rings (SSSR count). The number of ether oxygens (including phenoxy) is 1. The summed E-state index contributed by atoms with van der Waals surface area (Å²) in [7, 11) is 0. The van der Waals surface area contributed by atoms with Crippen LogP contribution in [0.5, 0.6) is 0 Å². The highest BCUT2D eigenvalue weighted by Gasteiger charge is 2.48. The SMILES string of the molecule is Cc1cn([C@H]2C[C@@](O)(F)[C@@H](CO)O2)c(=O)[nH]c1=S. The zero-order valence-corrected chi connectivity index (χ0v) is 10.4. The predicted octanol–water partition coefficient (Wildman–Crippen LogP) is 0.152. The van der Waals surface area contributed by atoms with Crippen LogP contribution in [0.15, 0.2) is 11.0 Å². The number of H-pyrrole nitrogens is 1. The Morgan fingerprint density at radius 3 is 3.00 bits per heavy atom. The first-order valence-corrected chi connectivity index (χ1v) is 5.75. The lowest BCUT2D eigenvalue weighted by Crippen LogP contribution is -2.35. The topological polar surface area (TPSA) is 87.5 Å². The predicted molar refractivity (Wildman–Crippen MR) is 62.3 cm³/mol. The van der Waals surface area contributed by atoms with Crippen molar-refractivity contribution in [1.82, 2.24) is 9.55 Å². The highest BCUT2D eigenvalue weighted by Crippen LogP contribution is 2.36. The molecule has 0 saturated carbocycles. The number of halogens is 1. The van der Waals surface area contributed by atoms with Gasteiger partial charge in [-0.1, -0.05) is 12.2 Å². The van der Waals surface area contributed by atoms with E-state index in [1.807, 2.05) is 0 Å². The highest BCUT2D eigenvalue weighted by atomic mass is 32.1. The van der Waals surface area contributed by atoms with Crippen LogP contribution >= 0.6 is 12.2 Å². The molecule has 1 aliphatic heterocycles. The number of rotatable bonds is 2. The number of nitrogens with one attached hydrogen (secondary N) is 1. The molecule has 2 heterocycles. The lowest BCUT2D eigenvalue weighted by atomic mass is 10.1. The average molecular weight is 276 g/mol. The summed E-state index contributed by atoms with van der Waals surface area (Å²) in [4.78, 5) is 14.1. The Labute approximate surface area is 107 Å². The molecule has 3 atom stereocenters. The van der Waals surface area contributed by atoms with Gasteiger partial charge in [-0.3, -0.25) is 9.55 Å². The molecule has 0 amide bonds. The van der Waals surface area contributed by atoms with Gasteiger partial charge in [0.05, 0.1) is 13.0 Å². The van der Waals surface area contributed by atoms with E-state index >= 15 is 0 Å². The van der Waals surface area contributed by atoms with E-state index in [1.165, 1.54) is 6.20 Å². The van der Waals surface area contributed by atoms with Crippen LogP contribution in [0, 0.1) is 11.6 Å². The maximum absolute atomic E-state index is 13.6. The quantitative estimate of drug-likeness (QED) is 0.669. The molecule has 1 aromatic heterocycles. The minimum absolute atomic E-state index is 0.295. The summed E-state index contributed by atoms with van der Waals surface area (Å²) < 4.78 is 20.2. The maximum atomic E-state index is 13.6. The molecule has 6 nitrogen and oxygen atoms in total. The summed E-state index contributed by atoms with van der Waals surface area (Å²) in [6, 6.07) is 0. The van der Waals surface area contributed by atoms with Crippen molar-refractivity contribution in [2.75, 3.05) is 6.61 Å². The van der Waals surface area contributed by atoms with Crippen LogP contribution in [0.25, 0.3) is 0 Å². The fourth-order valence-corrected chi connectivity index (χ4v) is 2.01. The van der Waals surface area contributed by atoms with E-state index in [-0.39, 0.29) is 0 Å². The van der Waals surface area contributed by atoms with Gasteiger partial charge in [-0.25, -0.2) is 9.18 Å². The molecule has 1 fully saturated rings. The lowest BCUT2D eigenvalue weighted by Gasteiger charge is -2.16. The second kappa shape index (κ2) is 4.54. The third-order valence-electron chi connectivity index (χ3n) is 2.90. The largest absolute Gasteiger partial charge is 0.393 e. The number of aliphatic hydroxyl groups excluding tert-OH is 1. The lowest BCUT2D eigenvalue weighted by molar-refractivity contribution is -0.150. The zero-order chi connectivity index (χ0) is 13.5. The number of aromatic amines is 1. The van der Waals surface area contributed by atoms with Crippen LogP contribution in [-0.2, 0) is 4.74 Å². The number of aliphatic hydroxyl groups is 2. The van der Waals surface area contributed by atoms with Crippen LogP contribution < -0.4 is 5.69 Å². The van der Waals surface area contributed by atoms with Gasteiger partial charge in [0, 0.05) is 11.8 Å². The first kappa shape index (κ1) is 13.3. The van der Waals surface area contributed by atoms with Gasteiger partial charge >= 0.3 is 5.69 Å². The van der Waals surface area contributed by atoms with Gasteiger partial charge < -0.3 is 14.9 Å². The summed E-state index contributed by atoms with van der Waals surface area (Å²) in [5.41, 5.74) is 0.0769. The Hall–Kier alpha value is -1.09. The van der Waals surface area contributed by atoms with Gasteiger partial charge in [-0.15, -0.1) is 0 Å². The van der Waals surface area contributed by atoms with Crippen molar-refractivity contribution in [1.29, 1.82) is 0 Å². The third kappa shape index (κ3) is 2.24. The van der Waals surface area contributed by atoms with E-state index in [0.717, 1.165) is 4.57 Å². The van der Waals surface area contributed by atoms with Crippen LogP contribution in [0.1, 0.15) is 18.2 Å². The molecule has 0 bridgehead atoms. The van der Waals surface area contributed by atoms with E-state index in [1.54, 1.807) is 6.92 Å². The third-order valence-corrected chi connectivity index (χ3v) is 3.32. The molecule has 18 heavy (non-hydrogen) atoms. The van der Waals surface area contributed by atoms with Crippen LogP contribution in [0.2, 0.25) is 0 Å². The first-order chi connectivity index (χ1) is 8.35. The van der Waals surface area contributed by atoms with Crippen LogP contribution in [0.3, 0.4) is 0 Å². The average Bonchev–Trinajstić information content (AvgIpc) is 2.58. The molecule has 8 heteroatoms. The molecule has 0 spiro atoms. The van der Waals surface area contributed by atoms with Gasteiger partial charge in [-0.05, 0) is 6.92 Å². The summed E-state index contributed by atoms with van der Waals surface area (Å²) >= 11 is 4.89. The summed E-state index contributed by atoms with van der Waals surface area (Å²) in [6.45, 7) is 1.02. The van der Waals surface area contributed by atoms with E-state index in [0.29, 0.717) is 10.2 Å². The molecular weight excluding hydrogens is 263 g/mol. The monoisotopic (exact) mass is 276 g/mol. The molecular formula is C10H13FN2O4S. The van der Waals surface area contributed by atoms with E-state index in [4.69, 9.17) is 22.1 Å².